The van der Waals surface area contributed by atoms with Crippen LogP contribution < -0.4 is 4.74 Å². The number of carbonyl (C=O) groups excluding carboxylic acids is 2. The standard InChI is InChI=1S/C22H21BrO4/c1-14(24)12-19(15-4-8-17(23)9-5-15)22(2)21(25)13-20(27-22)16-6-10-18(26-3)11-7-16/h4-11,13,19H,12H2,1-3H3/t19-,22-/m1/s1. The number of ether oxygens (including phenoxy) is 2. The Kier molecular flexibility index (Phi) is 5.51. The smallest absolute Gasteiger partial charge is 0.203 e. The van der Waals surface area contributed by atoms with Crippen LogP contribution in [0.3, 0.4) is 0 Å². The van der Waals surface area contributed by atoms with Crippen LogP contribution in [0.15, 0.2) is 59.1 Å². The minimum absolute atomic E-state index is 0.0124. The summed E-state index contributed by atoms with van der Waals surface area (Å²) in [6.45, 7) is 3.30. The van der Waals surface area contributed by atoms with Crippen molar-refractivity contribution in [2.75, 3.05) is 7.11 Å². The van der Waals surface area contributed by atoms with Gasteiger partial charge in [0.1, 0.15) is 17.3 Å². The van der Waals surface area contributed by atoms with Crippen molar-refractivity contribution in [3.05, 3.63) is 70.2 Å². The summed E-state index contributed by atoms with van der Waals surface area (Å²) in [7, 11) is 1.60. The molecule has 2 aromatic rings. The van der Waals surface area contributed by atoms with E-state index in [1.165, 1.54) is 13.0 Å². The monoisotopic (exact) mass is 428 g/mol. The van der Waals surface area contributed by atoms with Gasteiger partial charge in [-0.05, 0) is 55.8 Å². The van der Waals surface area contributed by atoms with Crippen LogP contribution in [0.4, 0.5) is 0 Å². The zero-order chi connectivity index (χ0) is 19.6. The largest absolute Gasteiger partial charge is 0.497 e. The lowest BCUT2D eigenvalue weighted by Crippen LogP contribution is -2.40. The first-order valence-electron chi connectivity index (χ1n) is 8.68. The average molecular weight is 429 g/mol. The molecule has 0 bridgehead atoms. The minimum atomic E-state index is -1.13. The van der Waals surface area contributed by atoms with Crippen LogP contribution in [0.25, 0.3) is 5.76 Å². The molecule has 0 N–H and O–H groups in total. The molecule has 27 heavy (non-hydrogen) atoms. The second kappa shape index (κ2) is 7.69. The number of ketones is 2. The summed E-state index contributed by atoms with van der Waals surface area (Å²) < 4.78 is 12.3. The second-order valence-corrected chi connectivity index (χ2v) is 7.74. The maximum atomic E-state index is 12.9. The van der Waals surface area contributed by atoms with E-state index in [-0.39, 0.29) is 23.9 Å². The van der Waals surface area contributed by atoms with Gasteiger partial charge in [-0.15, -0.1) is 0 Å². The van der Waals surface area contributed by atoms with E-state index in [0.717, 1.165) is 21.3 Å². The maximum Gasteiger partial charge on any atom is 0.203 e. The van der Waals surface area contributed by atoms with Gasteiger partial charge in [-0.2, -0.15) is 0 Å². The summed E-state index contributed by atoms with van der Waals surface area (Å²) >= 11 is 3.42. The van der Waals surface area contributed by atoms with Gasteiger partial charge in [0.15, 0.2) is 5.60 Å². The van der Waals surface area contributed by atoms with E-state index in [1.54, 1.807) is 14.0 Å². The van der Waals surface area contributed by atoms with Gasteiger partial charge in [0.2, 0.25) is 5.78 Å². The zero-order valence-electron chi connectivity index (χ0n) is 15.5. The van der Waals surface area contributed by atoms with E-state index < -0.39 is 5.60 Å². The molecule has 5 heteroatoms. The van der Waals surface area contributed by atoms with E-state index >= 15 is 0 Å². The van der Waals surface area contributed by atoms with Crippen LogP contribution in [0.5, 0.6) is 5.75 Å². The summed E-state index contributed by atoms with van der Waals surface area (Å²) in [4.78, 5) is 24.8. The molecule has 1 heterocycles. The van der Waals surface area contributed by atoms with Crippen LogP contribution >= 0.6 is 15.9 Å². The van der Waals surface area contributed by atoms with Crippen LogP contribution in [0.2, 0.25) is 0 Å². The lowest BCUT2D eigenvalue weighted by Gasteiger charge is -2.33. The number of carbonyl (C=O) groups is 2. The maximum absolute atomic E-state index is 12.9. The van der Waals surface area contributed by atoms with Crippen LogP contribution in [-0.4, -0.2) is 24.3 Å². The van der Waals surface area contributed by atoms with Gasteiger partial charge in [0.05, 0.1) is 7.11 Å². The van der Waals surface area contributed by atoms with Crippen molar-refractivity contribution in [1.82, 2.24) is 0 Å². The number of hydrogen-bond acceptors (Lipinski definition) is 4. The Bertz CT molecular complexity index is 884. The Morgan fingerprint density at radius 3 is 2.33 bits per heavy atom. The first-order chi connectivity index (χ1) is 12.8. The van der Waals surface area contributed by atoms with Gasteiger partial charge in [0, 0.05) is 28.5 Å². The Morgan fingerprint density at radius 2 is 1.78 bits per heavy atom. The third-order valence-electron chi connectivity index (χ3n) is 4.88. The van der Waals surface area contributed by atoms with Crippen LogP contribution in [-0.2, 0) is 14.3 Å². The fourth-order valence-corrected chi connectivity index (χ4v) is 3.59. The molecule has 3 rings (SSSR count). The highest BCUT2D eigenvalue weighted by molar-refractivity contribution is 9.10. The molecule has 0 aliphatic carbocycles. The highest BCUT2D eigenvalue weighted by Gasteiger charge is 2.48. The van der Waals surface area contributed by atoms with E-state index in [4.69, 9.17) is 9.47 Å². The average Bonchev–Trinajstić information content (AvgIpc) is 2.96. The van der Waals surface area contributed by atoms with Crippen LogP contribution in [0.1, 0.15) is 37.3 Å². The molecule has 0 radical (unpaired) electrons. The lowest BCUT2D eigenvalue weighted by molar-refractivity contribution is -0.130. The fourth-order valence-electron chi connectivity index (χ4n) is 3.32. The molecule has 1 aliphatic rings. The Balaban J connectivity index is 1.93. The predicted molar refractivity (Wildman–Crippen MR) is 108 cm³/mol. The van der Waals surface area contributed by atoms with Gasteiger partial charge >= 0.3 is 0 Å². The van der Waals surface area contributed by atoms with Gasteiger partial charge in [-0.25, -0.2) is 0 Å². The van der Waals surface area contributed by atoms with Gasteiger partial charge in [-0.1, -0.05) is 28.1 Å². The topological polar surface area (TPSA) is 52.6 Å². The third kappa shape index (κ3) is 3.98. The van der Waals surface area contributed by atoms with Gasteiger partial charge in [0.25, 0.3) is 0 Å². The van der Waals surface area contributed by atoms with E-state index in [2.05, 4.69) is 15.9 Å². The van der Waals surface area contributed by atoms with Crippen molar-refractivity contribution in [2.24, 2.45) is 0 Å². The molecule has 4 nitrogen and oxygen atoms in total. The molecule has 0 unspecified atom stereocenters. The second-order valence-electron chi connectivity index (χ2n) is 6.82. The highest BCUT2D eigenvalue weighted by Crippen LogP contribution is 2.43. The molecule has 0 spiro atoms. The number of benzene rings is 2. The normalized spacial score (nSPS) is 20.0. The molecule has 0 saturated carbocycles. The van der Waals surface area contributed by atoms with Crippen molar-refractivity contribution in [3.8, 4) is 5.75 Å². The highest BCUT2D eigenvalue weighted by atomic mass is 79.9. The zero-order valence-corrected chi connectivity index (χ0v) is 17.1. The van der Waals surface area contributed by atoms with Crippen molar-refractivity contribution >= 4 is 33.3 Å². The molecule has 0 fully saturated rings. The Morgan fingerprint density at radius 1 is 1.15 bits per heavy atom. The van der Waals surface area contributed by atoms with Crippen molar-refractivity contribution in [1.29, 1.82) is 0 Å². The van der Waals surface area contributed by atoms with Crippen molar-refractivity contribution in [3.63, 3.8) is 0 Å². The summed E-state index contributed by atoms with van der Waals surface area (Å²) in [5.41, 5.74) is 0.563. The minimum Gasteiger partial charge on any atom is -0.497 e. The number of rotatable bonds is 6. The van der Waals surface area contributed by atoms with Gasteiger partial charge < -0.3 is 14.3 Å². The molecule has 0 saturated heterocycles. The van der Waals surface area contributed by atoms with Crippen molar-refractivity contribution in [2.45, 2.75) is 31.8 Å². The number of hydrogen-bond donors (Lipinski definition) is 0. The number of Topliss-reactive ketones (excluding diaryl/α,β-unsaturated/α-hetero) is 1. The molecular weight excluding hydrogens is 408 g/mol. The summed E-state index contributed by atoms with van der Waals surface area (Å²) in [5.74, 6) is 0.745. The summed E-state index contributed by atoms with van der Waals surface area (Å²) in [6.07, 6.45) is 1.75. The molecule has 0 amide bonds. The Labute approximate surface area is 167 Å². The summed E-state index contributed by atoms with van der Waals surface area (Å²) in [6, 6.07) is 15.0. The fraction of sp³-hybridized carbons (Fsp3) is 0.273. The molecule has 1 aliphatic heterocycles. The van der Waals surface area contributed by atoms with Gasteiger partial charge in [-0.3, -0.25) is 4.79 Å². The quantitative estimate of drug-likeness (QED) is 0.654. The van der Waals surface area contributed by atoms with E-state index in [1.807, 2.05) is 48.5 Å². The summed E-state index contributed by atoms with van der Waals surface area (Å²) in [5, 5.41) is 0. The third-order valence-corrected chi connectivity index (χ3v) is 5.41. The van der Waals surface area contributed by atoms with Crippen LogP contribution in [0, 0.1) is 0 Å². The number of methoxy groups -OCH3 is 1. The Hall–Kier alpha value is -2.40. The molecule has 2 atom stereocenters. The SMILES string of the molecule is COc1ccc(C2=CC(=O)[C@@](C)([C@H](CC(C)=O)c3ccc(Br)cc3)O2)cc1. The first kappa shape index (κ1) is 19.4. The van der Waals surface area contributed by atoms with E-state index in [9.17, 15) is 9.59 Å². The molecular formula is C22H21BrO4. The van der Waals surface area contributed by atoms with E-state index in [0.29, 0.717) is 5.76 Å². The first-order valence-corrected chi connectivity index (χ1v) is 9.47. The molecule has 140 valence electrons. The number of halogens is 1. The lowest BCUT2D eigenvalue weighted by atomic mass is 9.78. The molecule has 2 aromatic carbocycles. The molecule has 0 aromatic heterocycles. The predicted octanol–water partition coefficient (Wildman–Crippen LogP) is 4.92. The van der Waals surface area contributed by atoms with Crippen molar-refractivity contribution < 1.29 is 19.1 Å².